The highest BCUT2D eigenvalue weighted by atomic mass is 16.5. The van der Waals surface area contributed by atoms with E-state index in [9.17, 15) is 4.79 Å². The summed E-state index contributed by atoms with van der Waals surface area (Å²) < 4.78 is 5.57. The lowest BCUT2D eigenvalue weighted by Crippen LogP contribution is -2.44. The molecular formula is C22H29N3O2. The van der Waals surface area contributed by atoms with Crippen LogP contribution in [0.1, 0.15) is 11.1 Å². The third-order valence-electron chi connectivity index (χ3n) is 4.99. The van der Waals surface area contributed by atoms with Crippen molar-refractivity contribution >= 4 is 11.6 Å². The van der Waals surface area contributed by atoms with Gasteiger partial charge < -0.3 is 19.9 Å². The summed E-state index contributed by atoms with van der Waals surface area (Å²) in [6.45, 7) is 7.01. The molecule has 144 valence electrons. The molecule has 0 spiro atoms. The second kappa shape index (κ2) is 9.42. The number of carbonyl (C=O) groups excluding carboxylic acids is 1. The fourth-order valence-electron chi connectivity index (χ4n) is 3.20. The van der Waals surface area contributed by atoms with Crippen LogP contribution in [0.4, 0.5) is 5.69 Å². The number of piperazine rings is 1. The van der Waals surface area contributed by atoms with Gasteiger partial charge in [-0.1, -0.05) is 30.3 Å². The van der Waals surface area contributed by atoms with Gasteiger partial charge >= 0.3 is 0 Å². The zero-order valence-electron chi connectivity index (χ0n) is 16.3. The lowest BCUT2D eigenvalue weighted by Gasteiger charge is -2.34. The summed E-state index contributed by atoms with van der Waals surface area (Å²) in [6.07, 6.45) is 0.819. The van der Waals surface area contributed by atoms with Crippen LogP contribution in [0, 0.1) is 6.92 Å². The average molecular weight is 367 g/mol. The maximum atomic E-state index is 12.0. The van der Waals surface area contributed by atoms with Crippen LogP contribution in [-0.4, -0.2) is 57.2 Å². The van der Waals surface area contributed by atoms with Crippen LogP contribution < -0.4 is 15.0 Å². The molecule has 1 heterocycles. The Morgan fingerprint density at radius 2 is 1.74 bits per heavy atom. The summed E-state index contributed by atoms with van der Waals surface area (Å²) in [5, 5.41) is 2.92. The maximum Gasteiger partial charge on any atom is 0.257 e. The summed E-state index contributed by atoms with van der Waals surface area (Å²) in [5.41, 5.74) is 3.54. The van der Waals surface area contributed by atoms with Gasteiger partial charge in [-0.2, -0.15) is 0 Å². The Balaban J connectivity index is 1.38. The maximum absolute atomic E-state index is 12.0. The number of para-hydroxylation sites is 1. The normalized spacial score (nSPS) is 14.8. The molecule has 0 unspecified atom stereocenters. The van der Waals surface area contributed by atoms with Crippen molar-refractivity contribution in [3.63, 3.8) is 0 Å². The first-order chi connectivity index (χ1) is 13.1. The molecule has 1 amide bonds. The third kappa shape index (κ3) is 5.73. The Morgan fingerprint density at radius 1 is 1.04 bits per heavy atom. The topological polar surface area (TPSA) is 44.8 Å². The van der Waals surface area contributed by atoms with Crippen molar-refractivity contribution in [2.75, 3.05) is 51.3 Å². The smallest absolute Gasteiger partial charge is 0.257 e. The molecular weight excluding hydrogens is 338 g/mol. The summed E-state index contributed by atoms with van der Waals surface area (Å²) in [4.78, 5) is 16.7. The lowest BCUT2D eigenvalue weighted by molar-refractivity contribution is -0.123. The lowest BCUT2D eigenvalue weighted by atomic mass is 10.1. The molecule has 5 heteroatoms. The number of anilines is 1. The predicted molar refractivity (Wildman–Crippen MR) is 110 cm³/mol. The van der Waals surface area contributed by atoms with Crippen molar-refractivity contribution in [3.05, 3.63) is 59.7 Å². The molecule has 1 aliphatic rings. The number of hydrogen-bond acceptors (Lipinski definition) is 4. The van der Waals surface area contributed by atoms with Crippen LogP contribution in [0.15, 0.2) is 48.5 Å². The summed E-state index contributed by atoms with van der Waals surface area (Å²) in [6, 6.07) is 16.4. The van der Waals surface area contributed by atoms with Crippen LogP contribution in [0.5, 0.6) is 5.75 Å². The van der Waals surface area contributed by atoms with E-state index in [1.807, 2.05) is 31.2 Å². The molecule has 0 aliphatic carbocycles. The third-order valence-corrected chi connectivity index (χ3v) is 4.99. The highest BCUT2D eigenvalue weighted by Crippen LogP contribution is 2.17. The molecule has 27 heavy (non-hydrogen) atoms. The van der Waals surface area contributed by atoms with Gasteiger partial charge in [0.2, 0.25) is 0 Å². The largest absolute Gasteiger partial charge is 0.484 e. The SMILES string of the molecule is Cc1ccccc1OCC(=O)NCCc1ccc(N2CCN(C)CC2)cc1. The van der Waals surface area contributed by atoms with E-state index in [1.165, 1.54) is 11.3 Å². The minimum atomic E-state index is -0.0905. The first kappa shape index (κ1) is 19.2. The standard InChI is InChI=1S/C22H29N3O2/c1-18-5-3-4-6-21(18)27-17-22(26)23-12-11-19-7-9-20(10-8-19)25-15-13-24(2)14-16-25/h3-10H,11-17H2,1-2H3,(H,23,26). The van der Waals surface area contributed by atoms with E-state index in [2.05, 4.69) is 46.4 Å². The predicted octanol–water partition coefficient (Wildman–Crippen LogP) is 2.48. The molecule has 2 aromatic rings. The summed E-state index contributed by atoms with van der Waals surface area (Å²) >= 11 is 0. The molecule has 1 N–H and O–H groups in total. The van der Waals surface area contributed by atoms with E-state index in [-0.39, 0.29) is 12.5 Å². The zero-order chi connectivity index (χ0) is 19.1. The quantitative estimate of drug-likeness (QED) is 0.817. The highest BCUT2D eigenvalue weighted by Gasteiger charge is 2.13. The molecule has 5 nitrogen and oxygen atoms in total. The average Bonchev–Trinajstić information content (AvgIpc) is 2.69. The van der Waals surface area contributed by atoms with E-state index in [0.717, 1.165) is 43.9 Å². The second-order valence-corrected chi connectivity index (χ2v) is 7.11. The van der Waals surface area contributed by atoms with Gasteiger partial charge in [0.1, 0.15) is 5.75 Å². The van der Waals surface area contributed by atoms with Gasteiger partial charge in [0.05, 0.1) is 0 Å². The van der Waals surface area contributed by atoms with Crippen molar-refractivity contribution in [2.45, 2.75) is 13.3 Å². The van der Waals surface area contributed by atoms with Gasteiger partial charge in [-0.25, -0.2) is 0 Å². The first-order valence-electron chi connectivity index (χ1n) is 9.59. The molecule has 1 saturated heterocycles. The Hall–Kier alpha value is -2.53. The van der Waals surface area contributed by atoms with Gasteiger partial charge in [0.25, 0.3) is 5.91 Å². The van der Waals surface area contributed by atoms with Gasteiger partial charge in [-0.05, 0) is 49.7 Å². The van der Waals surface area contributed by atoms with Crippen molar-refractivity contribution in [2.24, 2.45) is 0 Å². The van der Waals surface area contributed by atoms with E-state index < -0.39 is 0 Å². The molecule has 1 aliphatic heterocycles. The van der Waals surface area contributed by atoms with Crippen LogP contribution in [0.2, 0.25) is 0 Å². The number of rotatable bonds is 7. The van der Waals surface area contributed by atoms with Gasteiger partial charge in [0, 0.05) is 38.4 Å². The van der Waals surface area contributed by atoms with Gasteiger partial charge in [0.15, 0.2) is 6.61 Å². The van der Waals surface area contributed by atoms with E-state index >= 15 is 0 Å². The van der Waals surface area contributed by atoms with E-state index in [0.29, 0.717) is 6.54 Å². The second-order valence-electron chi connectivity index (χ2n) is 7.11. The molecule has 0 aromatic heterocycles. The Kier molecular flexibility index (Phi) is 6.71. The number of amides is 1. The Morgan fingerprint density at radius 3 is 2.44 bits per heavy atom. The Bertz CT molecular complexity index is 737. The first-order valence-corrected chi connectivity index (χ1v) is 9.59. The van der Waals surface area contributed by atoms with Crippen molar-refractivity contribution in [1.29, 1.82) is 0 Å². The fraction of sp³-hybridized carbons (Fsp3) is 0.409. The van der Waals surface area contributed by atoms with Crippen LogP contribution in [0.3, 0.4) is 0 Å². The molecule has 0 bridgehead atoms. The number of nitrogens with one attached hydrogen (secondary N) is 1. The molecule has 0 atom stereocenters. The minimum Gasteiger partial charge on any atom is -0.484 e. The monoisotopic (exact) mass is 367 g/mol. The zero-order valence-corrected chi connectivity index (χ0v) is 16.3. The number of ether oxygens (including phenoxy) is 1. The van der Waals surface area contributed by atoms with Crippen molar-refractivity contribution in [3.8, 4) is 5.75 Å². The summed E-state index contributed by atoms with van der Waals surface area (Å²) in [5.74, 6) is 0.666. The van der Waals surface area contributed by atoms with Crippen LogP contribution >= 0.6 is 0 Å². The number of carbonyl (C=O) groups is 1. The van der Waals surface area contributed by atoms with Crippen LogP contribution in [0.25, 0.3) is 0 Å². The fourth-order valence-corrected chi connectivity index (χ4v) is 3.20. The summed E-state index contributed by atoms with van der Waals surface area (Å²) in [7, 11) is 2.17. The minimum absolute atomic E-state index is 0.0488. The molecule has 0 saturated carbocycles. The van der Waals surface area contributed by atoms with E-state index in [4.69, 9.17) is 4.74 Å². The number of hydrogen-bond donors (Lipinski definition) is 1. The number of nitrogens with zero attached hydrogens (tertiary/aromatic N) is 2. The van der Waals surface area contributed by atoms with Gasteiger partial charge in [-0.15, -0.1) is 0 Å². The molecule has 3 rings (SSSR count). The van der Waals surface area contributed by atoms with E-state index in [1.54, 1.807) is 0 Å². The van der Waals surface area contributed by atoms with Gasteiger partial charge in [-0.3, -0.25) is 4.79 Å². The van der Waals surface area contributed by atoms with Crippen molar-refractivity contribution < 1.29 is 9.53 Å². The van der Waals surface area contributed by atoms with Crippen molar-refractivity contribution in [1.82, 2.24) is 10.2 Å². The molecule has 1 fully saturated rings. The van der Waals surface area contributed by atoms with Crippen LogP contribution in [-0.2, 0) is 11.2 Å². The highest BCUT2D eigenvalue weighted by molar-refractivity contribution is 5.77. The molecule has 0 radical (unpaired) electrons. The number of likely N-dealkylation sites (N-methyl/N-ethyl adjacent to an activating group) is 1. The Labute approximate surface area is 161 Å². The number of benzene rings is 2. The number of aryl methyl sites for hydroxylation is 1. The molecule has 2 aromatic carbocycles.